The zero-order chi connectivity index (χ0) is 23.5. The van der Waals surface area contributed by atoms with E-state index >= 15 is 0 Å². The summed E-state index contributed by atoms with van der Waals surface area (Å²) in [6, 6.07) is 14.6. The molecule has 0 aliphatic rings. The van der Waals surface area contributed by atoms with Gasteiger partial charge < -0.3 is 4.57 Å². The fraction of sp³-hybridized carbons (Fsp3) is 0.613. The quantitative estimate of drug-likeness (QED) is 0.283. The summed E-state index contributed by atoms with van der Waals surface area (Å²) in [5, 5.41) is 2.89. The fourth-order valence-electron chi connectivity index (χ4n) is 5.29. The second kappa shape index (κ2) is 10.0. The molecule has 0 bridgehead atoms. The normalized spacial score (nSPS) is 13.9. The Balaban J connectivity index is 2.23. The predicted molar refractivity (Wildman–Crippen MR) is 144 cm³/mol. The highest BCUT2D eigenvalue weighted by Gasteiger charge is 2.24. The van der Waals surface area contributed by atoms with Crippen molar-refractivity contribution >= 4 is 21.8 Å². The van der Waals surface area contributed by atoms with Gasteiger partial charge in [-0.25, -0.2) is 0 Å². The maximum absolute atomic E-state index is 2.63. The molecule has 0 radical (unpaired) electrons. The molecule has 1 aromatic heterocycles. The molecule has 0 saturated heterocycles. The third-order valence-electron chi connectivity index (χ3n) is 8.17. The smallest absolute Gasteiger partial charge is 0.0491 e. The molecule has 1 nitrogen and oxygen atoms in total. The number of benzene rings is 2. The molecular weight excluding hydrogens is 386 g/mol. The summed E-state index contributed by atoms with van der Waals surface area (Å²) in [5.74, 6) is 0.747. The number of fused-ring (bicyclic) bond motifs is 3. The van der Waals surface area contributed by atoms with Crippen molar-refractivity contribution in [3.05, 3.63) is 47.5 Å². The average molecular weight is 434 g/mol. The van der Waals surface area contributed by atoms with Gasteiger partial charge in [0.15, 0.2) is 0 Å². The van der Waals surface area contributed by atoms with Crippen molar-refractivity contribution in [2.24, 2.45) is 5.92 Å². The van der Waals surface area contributed by atoms with E-state index < -0.39 is 0 Å². The monoisotopic (exact) mass is 433 g/mol. The van der Waals surface area contributed by atoms with Gasteiger partial charge in [0, 0.05) is 28.4 Å². The van der Waals surface area contributed by atoms with Crippen molar-refractivity contribution < 1.29 is 0 Å². The van der Waals surface area contributed by atoms with E-state index in [1.165, 1.54) is 71.5 Å². The van der Waals surface area contributed by atoms with Crippen molar-refractivity contribution in [3.8, 4) is 0 Å². The van der Waals surface area contributed by atoms with Crippen LogP contribution in [-0.2, 0) is 17.4 Å². The number of rotatable bonds is 11. The van der Waals surface area contributed by atoms with Crippen LogP contribution in [0.1, 0.15) is 111 Å². The molecule has 1 atom stereocenters. The minimum absolute atomic E-state index is 0.203. The lowest BCUT2D eigenvalue weighted by Gasteiger charge is -2.25. The highest BCUT2D eigenvalue weighted by atomic mass is 15.0. The van der Waals surface area contributed by atoms with Crippen LogP contribution in [0.2, 0.25) is 0 Å². The summed E-state index contributed by atoms with van der Waals surface area (Å²) < 4.78 is 2.63. The van der Waals surface area contributed by atoms with Crippen LogP contribution in [-0.4, -0.2) is 4.57 Å². The first kappa shape index (κ1) is 24.9. The van der Waals surface area contributed by atoms with Gasteiger partial charge in [-0.3, -0.25) is 0 Å². The molecular formula is C31H47N. The van der Waals surface area contributed by atoms with Crippen LogP contribution in [0.3, 0.4) is 0 Å². The lowest BCUT2D eigenvalue weighted by Crippen LogP contribution is -2.16. The molecule has 2 aromatic carbocycles. The Kier molecular flexibility index (Phi) is 7.79. The summed E-state index contributed by atoms with van der Waals surface area (Å²) in [4.78, 5) is 0. The Morgan fingerprint density at radius 2 is 1.31 bits per heavy atom. The second-order valence-electron chi connectivity index (χ2n) is 11.4. The van der Waals surface area contributed by atoms with Gasteiger partial charge in [-0.1, -0.05) is 93.2 Å². The maximum Gasteiger partial charge on any atom is 0.0491 e. The molecule has 0 fully saturated rings. The van der Waals surface area contributed by atoms with Crippen LogP contribution < -0.4 is 0 Å². The number of aromatic nitrogens is 1. The molecule has 0 saturated carbocycles. The molecule has 3 rings (SSSR count). The predicted octanol–water partition coefficient (Wildman–Crippen LogP) is 9.78. The molecule has 1 unspecified atom stereocenters. The number of nitrogens with zero attached hydrogens (tertiary/aromatic N) is 1. The van der Waals surface area contributed by atoms with Crippen LogP contribution in [0.5, 0.6) is 0 Å². The summed E-state index contributed by atoms with van der Waals surface area (Å²) in [7, 11) is 0. The van der Waals surface area contributed by atoms with Crippen molar-refractivity contribution in [1.29, 1.82) is 0 Å². The Hall–Kier alpha value is -1.76. The molecule has 0 aliphatic carbocycles. The topological polar surface area (TPSA) is 4.93 Å². The van der Waals surface area contributed by atoms with Gasteiger partial charge in [-0.2, -0.15) is 0 Å². The van der Waals surface area contributed by atoms with Gasteiger partial charge in [-0.15, -0.1) is 0 Å². The fourth-order valence-corrected chi connectivity index (χ4v) is 5.29. The van der Waals surface area contributed by atoms with Gasteiger partial charge in [0.1, 0.15) is 0 Å². The third kappa shape index (κ3) is 4.92. The van der Waals surface area contributed by atoms with E-state index in [2.05, 4.69) is 96.4 Å². The van der Waals surface area contributed by atoms with E-state index in [0.717, 1.165) is 18.9 Å². The summed E-state index contributed by atoms with van der Waals surface area (Å²) >= 11 is 0. The molecule has 0 N–H and O–H groups in total. The summed E-state index contributed by atoms with van der Waals surface area (Å²) in [5.41, 5.74) is 6.18. The molecule has 32 heavy (non-hydrogen) atoms. The van der Waals surface area contributed by atoms with Crippen molar-refractivity contribution in [3.63, 3.8) is 0 Å². The number of unbranched alkanes of at least 4 members (excludes halogenated alkanes) is 1. The van der Waals surface area contributed by atoms with Gasteiger partial charge in [0.25, 0.3) is 0 Å². The van der Waals surface area contributed by atoms with Crippen LogP contribution in [0, 0.1) is 5.92 Å². The SMILES string of the molecule is CCCCC(CC)Cn1c2ccc(C(C)(C)CC)cc2c2cc(C(C)(C)CCC)ccc21. The Bertz CT molecular complexity index is 1030. The van der Waals surface area contributed by atoms with Gasteiger partial charge in [0.05, 0.1) is 0 Å². The molecule has 0 spiro atoms. The van der Waals surface area contributed by atoms with E-state index in [1.54, 1.807) is 0 Å². The van der Waals surface area contributed by atoms with Gasteiger partial charge in [0.2, 0.25) is 0 Å². The Labute approximate surface area is 197 Å². The molecule has 1 heterocycles. The van der Waals surface area contributed by atoms with Gasteiger partial charge >= 0.3 is 0 Å². The molecule has 3 aromatic rings. The Morgan fingerprint density at radius 1 is 0.750 bits per heavy atom. The van der Waals surface area contributed by atoms with E-state index in [-0.39, 0.29) is 10.8 Å². The lowest BCUT2D eigenvalue weighted by atomic mass is 9.80. The van der Waals surface area contributed by atoms with Crippen LogP contribution in [0.15, 0.2) is 36.4 Å². The minimum Gasteiger partial charge on any atom is -0.340 e. The Morgan fingerprint density at radius 3 is 1.78 bits per heavy atom. The lowest BCUT2D eigenvalue weighted by molar-refractivity contribution is 0.401. The summed E-state index contributed by atoms with van der Waals surface area (Å²) in [6.45, 7) is 20.0. The largest absolute Gasteiger partial charge is 0.340 e. The van der Waals surface area contributed by atoms with Gasteiger partial charge in [-0.05, 0) is 71.4 Å². The second-order valence-corrected chi connectivity index (χ2v) is 11.4. The number of hydrogen-bond acceptors (Lipinski definition) is 0. The number of hydrogen-bond donors (Lipinski definition) is 0. The van der Waals surface area contributed by atoms with Crippen molar-refractivity contribution in [2.45, 2.75) is 118 Å². The van der Waals surface area contributed by atoms with E-state index in [1.807, 2.05) is 0 Å². The van der Waals surface area contributed by atoms with Crippen LogP contribution >= 0.6 is 0 Å². The first-order valence-corrected chi connectivity index (χ1v) is 13.2. The standard InChI is InChI=1S/C31H47N/c1-9-13-14-23(11-3)22-32-28-17-15-24(30(5,6)12-4)20-26(28)27-21-25(16-18-29(27)32)31(7,8)19-10-2/h15-18,20-21,23H,9-14,19,22H2,1-8H3. The van der Waals surface area contributed by atoms with Crippen LogP contribution in [0.25, 0.3) is 21.8 Å². The first-order valence-electron chi connectivity index (χ1n) is 13.2. The van der Waals surface area contributed by atoms with E-state index in [9.17, 15) is 0 Å². The van der Waals surface area contributed by atoms with E-state index in [0.29, 0.717) is 0 Å². The highest BCUT2D eigenvalue weighted by molar-refractivity contribution is 6.08. The first-order chi connectivity index (χ1) is 15.2. The third-order valence-corrected chi connectivity index (χ3v) is 8.17. The highest BCUT2D eigenvalue weighted by Crippen LogP contribution is 2.38. The molecule has 0 amide bonds. The minimum atomic E-state index is 0.203. The van der Waals surface area contributed by atoms with Crippen molar-refractivity contribution in [1.82, 2.24) is 4.57 Å². The van der Waals surface area contributed by atoms with E-state index in [4.69, 9.17) is 0 Å². The zero-order valence-electron chi connectivity index (χ0n) is 22.1. The van der Waals surface area contributed by atoms with Crippen LogP contribution in [0.4, 0.5) is 0 Å². The van der Waals surface area contributed by atoms with Crippen molar-refractivity contribution in [2.75, 3.05) is 0 Å². The molecule has 0 aliphatic heterocycles. The molecule has 1 heteroatoms. The zero-order valence-corrected chi connectivity index (χ0v) is 22.1. The maximum atomic E-state index is 2.63. The summed E-state index contributed by atoms with van der Waals surface area (Å²) in [6.07, 6.45) is 8.80. The average Bonchev–Trinajstić information content (AvgIpc) is 3.08. The molecule has 176 valence electrons.